The highest BCUT2D eigenvalue weighted by Crippen LogP contribution is 2.23. The Morgan fingerprint density at radius 3 is 2.74 bits per heavy atom. The second-order valence-electron chi connectivity index (χ2n) is 5.53. The molecule has 1 saturated heterocycles. The molecule has 0 saturated carbocycles. The number of aryl methyl sites for hydroxylation is 1. The molecule has 1 fully saturated rings. The fraction of sp³-hybridized carbons (Fsp3) is 0.375. The Morgan fingerprint density at radius 1 is 1.35 bits per heavy atom. The monoisotopic (exact) mass is 400 g/mol. The quantitative estimate of drug-likeness (QED) is 0.759. The SMILES string of the molecule is Cc1c(C(=O)NC2CCNCC2)c(=O)oc2ccc(Br)cc12.Cl. The Bertz CT molecular complexity index is 785. The van der Waals surface area contributed by atoms with Crippen LogP contribution in [-0.2, 0) is 0 Å². The molecule has 124 valence electrons. The number of piperidine rings is 1. The van der Waals surface area contributed by atoms with Gasteiger partial charge in [0.25, 0.3) is 5.91 Å². The van der Waals surface area contributed by atoms with Crippen molar-refractivity contribution >= 4 is 45.2 Å². The van der Waals surface area contributed by atoms with Crippen LogP contribution in [0.25, 0.3) is 11.0 Å². The van der Waals surface area contributed by atoms with Gasteiger partial charge in [-0.1, -0.05) is 15.9 Å². The van der Waals surface area contributed by atoms with Crippen molar-refractivity contribution in [1.82, 2.24) is 10.6 Å². The van der Waals surface area contributed by atoms with Gasteiger partial charge < -0.3 is 15.1 Å². The van der Waals surface area contributed by atoms with Gasteiger partial charge in [0.05, 0.1) is 0 Å². The number of nitrogens with one attached hydrogen (secondary N) is 2. The summed E-state index contributed by atoms with van der Waals surface area (Å²) in [6.07, 6.45) is 1.74. The Kier molecular flexibility index (Phi) is 5.84. The highest BCUT2D eigenvalue weighted by Gasteiger charge is 2.22. The third-order valence-corrected chi connectivity index (χ3v) is 4.52. The van der Waals surface area contributed by atoms with Gasteiger partial charge in [0.2, 0.25) is 0 Å². The average molecular weight is 402 g/mol. The minimum absolute atomic E-state index is 0. The van der Waals surface area contributed by atoms with Crippen molar-refractivity contribution < 1.29 is 9.21 Å². The molecular formula is C16H18BrClN2O3. The molecule has 3 rings (SSSR count). The zero-order valence-corrected chi connectivity index (χ0v) is 15.1. The normalized spacial score (nSPS) is 15.2. The topological polar surface area (TPSA) is 71.3 Å². The second-order valence-corrected chi connectivity index (χ2v) is 6.44. The third-order valence-electron chi connectivity index (χ3n) is 4.03. The first-order valence-corrected chi connectivity index (χ1v) is 8.10. The van der Waals surface area contributed by atoms with Crippen LogP contribution in [0.2, 0.25) is 0 Å². The van der Waals surface area contributed by atoms with Crippen LogP contribution in [0.1, 0.15) is 28.8 Å². The molecule has 1 amide bonds. The Hall–Kier alpha value is -1.37. The number of benzene rings is 1. The molecule has 23 heavy (non-hydrogen) atoms. The smallest absolute Gasteiger partial charge is 0.349 e. The van der Waals surface area contributed by atoms with Crippen LogP contribution >= 0.6 is 28.3 Å². The van der Waals surface area contributed by atoms with Gasteiger partial charge in [-0.05, 0) is 56.6 Å². The first-order chi connectivity index (χ1) is 10.6. The van der Waals surface area contributed by atoms with Gasteiger partial charge in [0, 0.05) is 15.9 Å². The van der Waals surface area contributed by atoms with E-state index >= 15 is 0 Å². The van der Waals surface area contributed by atoms with Gasteiger partial charge >= 0.3 is 5.63 Å². The minimum atomic E-state index is -0.584. The lowest BCUT2D eigenvalue weighted by atomic mass is 10.0. The number of hydrogen-bond donors (Lipinski definition) is 2. The van der Waals surface area contributed by atoms with E-state index in [0.717, 1.165) is 35.8 Å². The van der Waals surface area contributed by atoms with E-state index in [0.29, 0.717) is 11.1 Å². The van der Waals surface area contributed by atoms with E-state index < -0.39 is 5.63 Å². The molecule has 0 unspecified atom stereocenters. The maximum Gasteiger partial charge on any atom is 0.349 e. The molecular weight excluding hydrogens is 384 g/mol. The minimum Gasteiger partial charge on any atom is -0.422 e. The summed E-state index contributed by atoms with van der Waals surface area (Å²) in [7, 11) is 0. The lowest BCUT2D eigenvalue weighted by Gasteiger charge is -2.23. The van der Waals surface area contributed by atoms with E-state index in [1.807, 2.05) is 6.07 Å². The van der Waals surface area contributed by atoms with E-state index in [2.05, 4.69) is 26.6 Å². The Labute approximate surface area is 148 Å². The van der Waals surface area contributed by atoms with E-state index in [-0.39, 0.29) is 29.9 Å². The van der Waals surface area contributed by atoms with Gasteiger partial charge in [-0.15, -0.1) is 12.4 Å². The van der Waals surface area contributed by atoms with Crippen molar-refractivity contribution in [3.63, 3.8) is 0 Å². The predicted molar refractivity (Wildman–Crippen MR) is 95.5 cm³/mol. The van der Waals surface area contributed by atoms with E-state index in [1.54, 1.807) is 19.1 Å². The lowest BCUT2D eigenvalue weighted by Crippen LogP contribution is -2.44. The first kappa shape index (κ1) is 18.0. The van der Waals surface area contributed by atoms with Crippen molar-refractivity contribution in [3.05, 3.63) is 44.2 Å². The molecule has 2 heterocycles. The molecule has 1 aliphatic rings. The van der Waals surface area contributed by atoms with Crippen LogP contribution < -0.4 is 16.3 Å². The van der Waals surface area contributed by atoms with Crippen LogP contribution in [0, 0.1) is 6.92 Å². The Balaban J connectivity index is 0.00000192. The largest absolute Gasteiger partial charge is 0.422 e. The summed E-state index contributed by atoms with van der Waals surface area (Å²) in [6, 6.07) is 5.49. The molecule has 5 nitrogen and oxygen atoms in total. The van der Waals surface area contributed by atoms with Gasteiger partial charge in [0.1, 0.15) is 11.1 Å². The molecule has 7 heteroatoms. The molecule has 0 bridgehead atoms. The highest BCUT2D eigenvalue weighted by atomic mass is 79.9. The molecule has 1 aromatic heterocycles. The Morgan fingerprint density at radius 2 is 2.04 bits per heavy atom. The van der Waals surface area contributed by atoms with Gasteiger partial charge in [0.15, 0.2) is 0 Å². The predicted octanol–water partition coefficient (Wildman–Crippen LogP) is 2.77. The van der Waals surface area contributed by atoms with E-state index in [9.17, 15) is 9.59 Å². The highest BCUT2D eigenvalue weighted by molar-refractivity contribution is 9.10. The summed E-state index contributed by atoms with van der Waals surface area (Å²) in [5, 5.41) is 6.96. The molecule has 1 aromatic carbocycles. The van der Waals surface area contributed by atoms with Crippen LogP contribution in [-0.4, -0.2) is 25.0 Å². The van der Waals surface area contributed by atoms with Crippen molar-refractivity contribution in [3.8, 4) is 0 Å². The summed E-state index contributed by atoms with van der Waals surface area (Å²) < 4.78 is 6.17. The van der Waals surface area contributed by atoms with Crippen molar-refractivity contribution in [2.45, 2.75) is 25.8 Å². The number of halogens is 2. The van der Waals surface area contributed by atoms with E-state index in [1.165, 1.54) is 0 Å². The fourth-order valence-corrected chi connectivity index (χ4v) is 3.17. The number of rotatable bonds is 2. The molecule has 2 aromatic rings. The molecule has 0 aliphatic carbocycles. The number of fused-ring (bicyclic) bond motifs is 1. The summed E-state index contributed by atoms with van der Waals surface area (Å²) in [4.78, 5) is 24.7. The van der Waals surface area contributed by atoms with Crippen LogP contribution in [0.4, 0.5) is 0 Å². The second kappa shape index (κ2) is 7.47. The van der Waals surface area contributed by atoms with Crippen molar-refractivity contribution in [1.29, 1.82) is 0 Å². The maximum atomic E-state index is 12.5. The van der Waals surface area contributed by atoms with E-state index in [4.69, 9.17) is 4.42 Å². The van der Waals surface area contributed by atoms with Crippen LogP contribution in [0.15, 0.2) is 31.9 Å². The zero-order valence-electron chi connectivity index (χ0n) is 12.6. The molecule has 0 spiro atoms. The number of hydrogen-bond acceptors (Lipinski definition) is 4. The third kappa shape index (κ3) is 3.76. The maximum absolute atomic E-state index is 12.5. The van der Waals surface area contributed by atoms with Crippen LogP contribution in [0.3, 0.4) is 0 Å². The summed E-state index contributed by atoms with van der Waals surface area (Å²) >= 11 is 3.40. The number of carbonyl (C=O) groups is 1. The summed E-state index contributed by atoms with van der Waals surface area (Å²) in [6.45, 7) is 3.54. The molecule has 2 N–H and O–H groups in total. The van der Waals surface area contributed by atoms with Crippen LogP contribution in [0.5, 0.6) is 0 Å². The number of carbonyl (C=O) groups excluding carboxylic acids is 1. The van der Waals surface area contributed by atoms with Gasteiger partial charge in [-0.2, -0.15) is 0 Å². The standard InChI is InChI=1S/C16H17BrN2O3.ClH/c1-9-12-8-10(17)2-3-13(12)22-16(21)14(9)15(20)19-11-4-6-18-7-5-11;/h2-3,8,11,18H,4-7H2,1H3,(H,19,20);1H. The van der Waals surface area contributed by atoms with Gasteiger partial charge in [-0.25, -0.2) is 4.79 Å². The summed E-state index contributed by atoms with van der Waals surface area (Å²) in [5.41, 5.74) is 0.658. The lowest BCUT2D eigenvalue weighted by molar-refractivity contribution is 0.0925. The molecule has 0 atom stereocenters. The van der Waals surface area contributed by atoms with Crippen molar-refractivity contribution in [2.24, 2.45) is 0 Å². The first-order valence-electron chi connectivity index (χ1n) is 7.31. The fourth-order valence-electron chi connectivity index (χ4n) is 2.81. The zero-order chi connectivity index (χ0) is 15.7. The van der Waals surface area contributed by atoms with Crippen molar-refractivity contribution in [2.75, 3.05) is 13.1 Å². The molecule has 0 radical (unpaired) electrons. The number of amides is 1. The average Bonchev–Trinajstić information content (AvgIpc) is 2.49. The molecule has 1 aliphatic heterocycles. The van der Waals surface area contributed by atoms with Gasteiger partial charge in [-0.3, -0.25) is 4.79 Å². The summed E-state index contributed by atoms with van der Waals surface area (Å²) in [5.74, 6) is -0.347.